The fraction of sp³-hybridized carbons (Fsp3) is 0.750. The number of nitrogens with zero attached hydrogens (tertiary/aromatic N) is 2. The van der Waals surface area contributed by atoms with Gasteiger partial charge in [0.05, 0.1) is 19.2 Å². The molecule has 0 aromatic heterocycles. The second-order valence-corrected chi connectivity index (χ2v) is 4.21. The summed E-state index contributed by atoms with van der Waals surface area (Å²) >= 11 is 0. The fourth-order valence-electron chi connectivity index (χ4n) is 1.72. The summed E-state index contributed by atoms with van der Waals surface area (Å²) in [7, 11) is 1.89. The van der Waals surface area contributed by atoms with Gasteiger partial charge in [0, 0.05) is 13.1 Å². The minimum atomic E-state index is -0.229. The van der Waals surface area contributed by atoms with Gasteiger partial charge in [0.1, 0.15) is 0 Å². The Bertz CT molecular complexity index is 285. The van der Waals surface area contributed by atoms with Crippen LogP contribution in [0.3, 0.4) is 0 Å². The van der Waals surface area contributed by atoms with E-state index in [-0.39, 0.29) is 12.0 Å². The number of amides is 1. The largest absolute Gasteiger partial charge is 0.393 e. The molecule has 1 aliphatic rings. The zero-order valence-corrected chi connectivity index (χ0v) is 10.1. The maximum absolute atomic E-state index is 11.8. The van der Waals surface area contributed by atoms with Crippen molar-refractivity contribution in [3.05, 3.63) is 0 Å². The summed E-state index contributed by atoms with van der Waals surface area (Å²) in [5, 5.41) is 9.34. The van der Waals surface area contributed by atoms with E-state index in [0.29, 0.717) is 39.0 Å². The van der Waals surface area contributed by atoms with E-state index in [1.54, 1.807) is 6.92 Å². The smallest absolute Gasteiger partial charge is 0.236 e. The third kappa shape index (κ3) is 4.21. The predicted octanol–water partition coefficient (Wildman–Crippen LogP) is -0.0752. The van der Waals surface area contributed by atoms with Gasteiger partial charge in [-0.2, -0.15) is 0 Å². The van der Waals surface area contributed by atoms with Gasteiger partial charge in [0.2, 0.25) is 5.91 Å². The number of piperidine rings is 1. The molecule has 0 aliphatic carbocycles. The van der Waals surface area contributed by atoms with E-state index in [0.717, 1.165) is 0 Å². The molecule has 0 aromatic carbocycles. The number of hydrogen-bond donors (Lipinski definition) is 1. The molecule has 0 aromatic rings. The van der Waals surface area contributed by atoms with Crippen molar-refractivity contribution in [1.29, 1.82) is 0 Å². The first kappa shape index (κ1) is 13.0. The second kappa shape index (κ2) is 6.51. The summed E-state index contributed by atoms with van der Waals surface area (Å²) in [4.78, 5) is 15.6. The molecule has 1 amide bonds. The van der Waals surface area contributed by atoms with Crippen molar-refractivity contribution in [1.82, 2.24) is 9.80 Å². The number of carbonyl (C=O) groups excluding carboxylic acids is 1. The van der Waals surface area contributed by atoms with Crippen LogP contribution >= 0.6 is 0 Å². The number of rotatable bonds is 3. The van der Waals surface area contributed by atoms with Crippen LogP contribution in [0.15, 0.2) is 0 Å². The van der Waals surface area contributed by atoms with E-state index < -0.39 is 0 Å². The van der Waals surface area contributed by atoms with Gasteiger partial charge in [-0.05, 0) is 26.8 Å². The van der Waals surface area contributed by atoms with Gasteiger partial charge < -0.3 is 10.0 Å². The summed E-state index contributed by atoms with van der Waals surface area (Å²) < 4.78 is 0. The van der Waals surface area contributed by atoms with Crippen molar-refractivity contribution >= 4 is 5.91 Å². The van der Waals surface area contributed by atoms with Crippen molar-refractivity contribution in [2.45, 2.75) is 25.9 Å². The van der Waals surface area contributed by atoms with Crippen molar-refractivity contribution in [2.24, 2.45) is 0 Å². The van der Waals surface area contributed by atoms with Gasteiger partial charge in [-0.15, -0.1) is 5.92 Å². The minimum absolute atomic E-state index is 0.132. The van der Waals surface area contributed by atoms with E-state index in [1.807, 2.05) is 16.8 Å². The van der Waals surface area contributed by atoms with Crippen molar-refractivity contribution < 1.29 is 9.90 Å². The molecule has 0 bridgehead atoms. The van der Waals surface area contributed by atoms with E-state index in [1.165, 1.54) is 0 Å². The third-order valence-electron chi connectivity index (χ3n) is 2.75. The average Bonchev–Trinajstić information content (AvgIpc) is 2.27. The van der Waals surface area contributed by atoms with Crippen LogP contribution in [-0.2, 0) is 4.79 Å². The first-order chi connectivity index (χ1) is 7.63. The number of likely N-dealkylation sites (tertiary alicyclic amines) is 1. The molecular weight excluding hydrogens is 204 g/mol. The van der Waals surface area contributed by atoms with E-state index in [2.05, 4.69) is 11.8 Å². The summed E-state index contributed by atoms with van der Waals surface area (Å²) in [5.74, 6) is 5.87. The van der Waals surface area contributed by atoms with Gasteiger partial charge in [0.25, 0.3) is 0 Å². The molecule has 1 fully saturated rings. The summed E-state index contributed by atoms with van der Waals surface area (Å²) in [6, 6.07) is 0. The first-order valence-corrected chi connectivity index (χ1v) is 5.67. The normalized spacial score (nSPS) is 17.1. The Labute approximate surface area is 97.2 Å². The monoisotopic (exact) mass is 224 g/mol. The molecule has 0 unspecified atom stereocenters. The van der Waals surface area contributed by atoms with Crippen LogP contribution in [0.1, 0.15) is 19.8 Å². The van der Waals surface area contributed by atoms with Gasteiger partial charge in [-0.25, -0.2) is 0 Å². The Morgan fingerprint density at radius 1 is 1.50 bits per heavy atom. The predicted molar refractivity (Wildman–Crippen MR) is 62.8 cm³/mol. The highest BCUT2D eigenvalue weighted by Gasteiger charge is 2.21. The molecule has 0 spiro atoms. The molecular formula is C12H20N2O2. The molecule has 16 heavy (non-hydrogen) atoms. The Hall–Kier alpha value is -1.05. The Kier molecular flexibility index (Phi) is 5.30. The maximum Gasteiger partial charge on any atom is 0.236 e. The standard InChI is InChI=1S/C12H20N2O2/c1-3-4-7-13(2)10-12(16)14-8-5-11(15)6-9-14/h11,15H,5-10H2,1-2H3. The maximum atomic E-state index is 11.8. The zero-order valence-electron chi connectivity index (χ0n) is 10.1. The first-order valence-electron chi connectivity index (χ1n) is 5.67. The Morgan fingerprint density at radius 2 is 2.12 bits per heavy atom. The van der Waals surface area contributed by atoms with Crippen LogP contribution in [0, 0.1) is 11.8 Å². The quantitative estimate of drug-likeness (QED) is 0.682. The topological polar surface area (TPSA) is 43.8 Å². The van der Waals surface area contributed by atoms with Crippen LogP contribution in [0.4, 0.5) is 0 Å². The summed E-state index contributed by atoms with van der Waals surface area (Å²) in [6.07, 6.45) is 1.17. The van der Waals surface area contributed by atoms with E-state index in [9.17, 15) is 9.90 Å². The van der Waals surface area contributed by atoms with Crippen LogP contribution in [0.2, 0.25) is 0 Å². The van der Waals surface area contributed by atoms with Crippen LogP contribution in [-0.4, -0.2) is 60.1 Å². The lowest BCUT2D eigenvalue weighted by atomic mass is 10.1. The fourth-order valence-corrected chi connectivity index (χ4v) is 1.72. The number of aliphatic hydroxyl groups is 1. The van der Waals surface area contributed by atoms with Crippen molar-refractivity contribution in [3.8, 4) is 11.8 Å². The lowest BCUT2D eigenvalue weighted by molar-refractivity contribution is -0.133. The molecule has 1 heterocycles. The third-order valence-corrected chi connectivity index (χ3v) is 2.75. The molecule has 0 radical (unpaired) electrons. The molecule has 1 N–H and O–H groups in total. The lowest BCUT2D eigenvalue weighted by Crippen LogP contribution is -2.44. The highest BCUT2D eigenvalue weighted by atomic mass is 16.3. The summed E-state index contributed by atoms with van der Waals surface area (Å²) in [5.41, 5.74) is 0. The van der Waals surface area contributed by atoms with Crippen LogP contribution in [0.25, 0.3) is 0 Å². The molecule has 1 rings (SSSR count). The Balaban J connectivity index is 2.30. The number of carbonyl (C=O) groups is 1. The highest BCUT2D eigenvalue weighted by Crippen LogP contribution is 2.09. The van der Waals surface area contributed by atoms with Gasteiger partial charge in [-0.3, -0.25) is 9.69 Å². The minimum Gasteiger partial charge on any atom is -0.393 e. The Morgan fingerprint density at radius 3 is 2.69 bits per heavy atom. The second-order valence-electron chi connectivity index (χ2n) is 4.21. The van der Waals surface area contributed by atoms with Gasteiger partial charge in [0.15, 0.2) is 0 Å². The molecule has 0 atom stereocenters. The van der Waals surface area contributed by atoms with Crippen LogP contribution < -0.4 is 0 Å². The van der Waals surface area contributed by atoms with Crippen molar-refractivity contribution in [2.75, 3.05) is 33.2 Å². The SMILES string of the molecule is CC#CCN(C)CC(=O)N1CCC(O)CC1. The highest BCUT2D eigenvalue weighted by molar-refractivity contribution is 5.78. The van der Waals surface area contributed by atoms with Gasteiger partial charge in [-0.1, -0.05) is 5.92 Å². The summed E-state index contributed by atoms with van der Waals surface area (Å²) in [6.45, 7) is 4.17. The van der Waals surface area contributed by atoms with Gasteiger partial charge >= 0.3 is 0 Å². The molecule has 0 saturated carbocycles. The molecule has 4 nitrogen and oxygen atoms in total. The van der Waals surface area contributed by atoms with Crippen LogP contribution in [0.5, 0.6) is 0 Å². The number of aliphatic hydroxyl groups excluding tert-OH is 1. The lowest BCUT2D eigenvalue weighted by Gasteiger charge is -2.30. The molecule has 1 saturated heterocycles. The number of likely N-dealkylation sites (N-methyl/N-ethyl adjacent to an activating group) is 1. The molecule has 4 heteroatoms. The zero-order chi connectivity index (χ0) is 12.0. The molecule has 1 aliphatic heterocycles. The van der Waals surface area contributed by atoms with E-state index >= 15 is 0 Å². The number of hydrogen-bond acceptors (Lipinski definition) is 3. The molecule has 90 valence electrons. The average molecular weight is 224 g/mol. The van der Waals surface area contributed by atoms with Crippen molar-refractivity contribution in [3.63, 3.8) is 0 Å². The van der Waals surface area contributed by atoms with E-state index in [4.69, 9.17) is 0 Å².